The van der Waals surface area contributed by atoms with Crippen LogP contribution in [-0.4, -0.2) is 47.1 Å². The van der Waals surface area contributed by atoms with Crippen LogP contribution in [0, 0.1) is 27.7 Å². The smallest absolute Gasteiger partial charge is 0.321 e. The number of carbonyl (C=O) groups is 1. The van der Waals surface area contributed by atoms with E-state index >= 15 is 0 Å². The van der Waals surface area contributed by atoms with Gasteiger partial charge in [0.15, 0.2) is 5.82 Å². The van der Waals surface area contributed by atoms with Gasteiger partial charge in [-0.1, -0.05) is 66.2 Å². The van der Waals surface area contributed by atoms with E-state index in [0.29, 0.717) is 26.2 Å². The molecule has 0 atom stereocenters. The van der Waals surface area contributed by atoms with Crippen LogP contribution >= 0.6 is 0 Å². The van der Waals surface area contributed by atoms with Crippen LogP contribution in [0.2, 0.25) is 0 Å². The largest absolute Gasteiger partial charge is 0.353 e. The monoisotopic (exact) mass is 505 g/mol. The maximum Gasteiger partial charge on any atom is 0.321 e. The van der Waals surface area contributed by atoms with Gasteiger partial charge in [-0.05, 0) is 56.5 Å². The maximum absolute atomic E-state index is 13.1. The molecule has 1 saturated heterocycles. The number of carbonyl (C=O) groups excluding carboxylic acids is 1. The molecule has 0 aliphatic carbocycles. The predicted octanol–water partition coefficient (Wildman–Crippen LogP) is 6.32. The Hall–Kier alpha value is -4.19. The molecule has 0 unspecified atom stereocenters. The normalized spacial score (nSPS) is 13.5. The number of aromatic nitrogens is 2. The van der Waals surface area contributed by atoms with Crippen molar-refractivity contribution in [2.24, 2.45) is 0 Å². The van der Waals surface area contributed by atoms with Gasteiger partial charge in [0.2, 0.25) is 0 Å². The summed E-state index contributed by atoms with van der Waals surface area (Å²) in [5.41, 5.74) is 8.71. The van der Waals surface area contributed by atoms with E-state index in [1.165, 1.54) is 16.7 Å². The fourth-order valence-corrected chi connectivity index (χ4v) is 4.96. The van der Waals surface area contributed by atoms with E-state index in [1.807, 2.05) is 36.1 Å². The molecule has 0 spiro atoms. The molecule has 0 bridgehead atoms. The molecule has 194 valence electrons. The van der Waals surface area contributed by atoms with Crippen LogP contribution in [0.15, 0.2) is 72.8 Å². The highest BCUT2D eigenvalue weighted by Crippen LogP contribution is 2.29. The summed E-state index contributed by atoms with van der Waals surface area (Å²) in [6, 6.07) is 24.8. The first-order chi connectivity index (χ1) is 18.4. The van der Waals surface area contributed by atoms with Crippen LogP contribution in [0.4, 0.5) is 16.3 Å². The summed E-state index contributed by atoms with van der Waals surface area (Å²) in [6.45, 7) is 11.0. The molecule has 0 radical (unpaired) electrons. The Morgan fingerprint density at radius 2 is 1.58 bits per heavy atom. The number of amides is 2. The molecule has 3 aromatic carbocycles. The molecule has 2 amide bonds. The minimum Gasteiger partial charge on any atom is -0.353 e. The summed E-state index contributed by atoms with van der Waals surface area (Å²) >= 11 is 0. The Morgan fingerprint density at radius 3 is 2.32 bits per heavy atom. The third-order valence-electron chi connectivity index (χ3n) is 7.40. The van der Waals surface area contributed by atoms with Crippen molar-refractivity contribution in [1.29, 1.82) is 0 Å². The average Bonchev–Trinajstić information content (AvgIpc) is 2.93. The first kappa shape index (κ1) is 25.5. The SMILES string of the molecule is Cc1cccc(-c2nc(C)c(Cc3ccccc3)c(N3CCN(C(=O)Nc4cccc(C)c4C)CC3)n2)c1. The summed E-state index contributed by atoms with van der Waals surface area (Å²) in [4.78, 5) is 27.3. The lowest BCUT2D eigenvalue weighted by molar-refractivity contribution is 0.208. The van der Waals surface area contributed by atoms with Gasteiger partial charge in [-0.25, -0.2) is 14.8 Å². The van der Waals surface area contributed by atoms with E-state index in [4.69, 9.17) is 9.97 Å². The van der Waals surface area contributed by atoms with E-state index in [-0.39, 0.29) is 6.03 Å². The Labute approximate surface area is 225 Å². The number of hydrogen-bond donors (Lipinski definition) is 1. The molecular formula is C32H35N5O. The zero-order chi connectivity index (χ0) is 26.6. The molecule has 1 aromatic heterocycles. The van der Waals surface area contributed by atoms with Crippen LogP contribution in [0.25, 0.3) is 11.4 Å². The zero-order valence-electron chi connectivity index (χ0n) is 22.7. The Bertz CT molecular complexity index is 1440. The molecule has 4 aromatic rings. The van der Waals surface area contributed by atoms with Crippen molar-refractivity contribution in [3.63, 3.8) is 0 Å². The Morgan fingerprint density at radius 1 is 0.842 bits per heavy atom. The number of nitrogens with one attached hydrogen (secondary N) is 1. The summed E-state index contributed by atoms with van der Waals surface area (Å²) in [5.74, 6) is 1.71. The molecule has 38 heavy (non-hydrogen) atoms. The summed E-state index contributed by atoms with van der Waals surface area (Å²) < 4.78 is 0. The zero-order valence-corrected chi connectivity index (χ0v) is 22.7. The van der Waals surface area contributed by atoms with Gasteiger partial charge in [-0.3, -0.25) is 0 Å². The van der Waals surface area contributed by atoms with E-state index in [2.05, 4.69) is 79.5 Å². The number of urea groups is 1. The average molecular weight is 506 g/mol. The van der Waals surface area contributed by atoms with Gasteiger partial charge >= 0.3 is 6.03 Å². The topological polar surface area (TPSA) is 61.4 Å². The highest BCUT2D eigenvalue weighted by molar-refractivity contribution is 5.90. The van der Waals surface area contributed by atoms with Gasteiger partial charge < -0.3 is 15.1 Å². The maximum atomic E-state index is 13.1. The van der Waals surface area contributed by atoms with Gasteiger partial charge in [0.25, 0.3) is 0 Å². The van der Waals surface area contributed by atoms with E-state index in [0.717, 1.165) is 46.1 Å². The van der Waals surface area contributed by atoms with Crippen molar-refractivity contribution in [2.75, 3.05) is 36.4 Å². The minimum absolute atomic E-state index is 0.0535. The van der Waals surface area contributed by atoms with Crippen molar-refractivity contribution in [3.05, 3.63) is 106 Å². The molecule has 1 aliphatic heterocycles. The molecule has 5 rings (SSSR count). The molecule has 2 heterocycles. The molecular weight excluding hydrogens is 470 g/mol. The molecule has 1 fully saturated rings. The summed E-state index contributed by atoms with van der Waals surface area (Å²) in [5, 5.41) is 3.11. The standard InChI is InChI=1S/C32H35N5O/c1-22-10-8-14-27(20-22)30-33-25(4)28(21-26-12-6-5-7-13-26)31(35-30)36-16-18-37(19-17-36)32(38)34-29-15-9-11-23(2)24(29)3/h5-15,20H,16-19,21H2,1-4H3,(H,34,38). The number of rotatable bonds is 5. The molecule has 6 nitrogen and oxygen atoms in total. The van der Waals surface area contributed by atoms with Crippen molar-refractivity contribution in [3.8, 4) is 11.4 Å². The van der Waals surface area contributed by atoms with Gasteiger partial charge in [-0.2, -0.15) is 0 Å². The highest BCUT2D eigenvalue weighted by Gasteiger charge is 2.26. The lowest BCUT2D eigenvalue weighted by Gasteiger charge is -2.36. The van der Waals surface area contributed by atoms with Crippen molar-refractivity contribution < 1.29 is 4.79 Å². The van der Waals surface area contributed by atoms with Gasteiger partial charge in [0, 0.05) is 55.1 Å². The lowest BCUT2D eigenvalue weighted by Crippen LogP contribution is -2.50. The molecule has 6 heteroatoms. The second-order valence-electron chi connectivity index (χ2n) is 10.1. The number of aryl methyl sites for hydroxylation is 3. The Kier molecular flexibility index (Phi) is 7.40. The predicted molar refractivity (Wildman–Crippen MR) is 155 cm³/mol. The Balaban J connectivity index is 1.40. The fourth-order valence-electron chi connectivity index (χ4n) is 4.96. The first-order valence-electron chi connectivity index (χ1n) is 13.2. The lowest BCUT2D eigenvalue weighted by atomic mass is 10.0. The van der Waals surface area contributed by atoms with Crippen LogP contribution in [-0.2, 0) is 6.42 Å². The van der Waals surface area contributed by atoms with Crippen LogP contribution in [0.5, 0.6) is 0 Å². The van der Waals surface area contributed by atoms with Crippen LogP contribution in [0.3, 0.4) is 0 Å². The van der Waals surface area contributed by atoms with E-state index in [1.54, 1.807) is 0 Å². The van der Waals surface area contributed by atoms with Gasteiger partial charge in [0.05, 0.1) is 0 Å². The minimum atomic E-state index is -0.0535. The van der Waals surface area contributed by atoms with E-state index in [9.17, 15) is 4.79 Å². The number of nitrogens with zero attached hydrogens (tertiary/aromatic N) is 4. The second-order valence-corrected chi connectivity index (χ2v) is 10.1. The number of anilines is 2. The van der Waals surface area contributed by atoms with Gasteiger partial charge in [-0.15, -0.1) is 0 Å². The number of benzene rings is 3. The highest BCUT2D eigenvalue weighted by atomic mass is 16.2. The first-order valence-corrected chi connectivity index (χ1v) is 13.2. The fraction of sp³-hybridized carbons (Fsp3) is 0.281. The van der Waals surface area contributed by atoms with Gasteiger partial charge in [0.1, 0.15) is 5.82 Å². The summed E-state index contributed by atoms with van der Waals surface area (Å²) in [6.07, 6.45) is 0.767. The number of piperazine rings is 1. The number of hydrogen-bond acceptors (Lipinski definition) is 4. The molecule has 0 saturated carbocycles. The second kappa shape index (κ2) is 11.1. The van der Waals surface area contributed by atoms with E-state index < -0.39 is 0 Å². The van der Waals surface area contributed by atoms with Crippen LogP contribution in [0.1, 0.15) is 33.5 Å². The van der Waals surface area contributed by atoms with Crippen molar-refractivity contribution in [1.82, 2.24) is 14.9 Å². The third kappa shape index (κ3) is 5.54. The van der Waals surface area contributed by atoms with Crippen molar-refractivity contribution >= 4 is 17.5 Å². The quantitative estimate of drug-likeness (QED) is 0.345. The molecule has 1 N–H and O–H groups in total. The van der Waals surface area contributed by atoms with Crippen molar-refractivity contribution in [2.45, 2.75) is 34.1 Å². The third-order valence-corrected chi connectivity index (χ3v) is 7.40. The summed E-state index contributed by atoms with van der Waals surface area (Å²) in [7, 11) is 0. The molecule has 1 aliphatic rings. The van der Waals surface area contributed by atoms with Crippen LogP contribution < -0.4 is 10.2 Å².